The number of rotatable bonds is 1. The molecule has 0 unspecified atom stereocenters. The molecular formula is C8H15NO2. The van der Waals surface area contributed by atoms with Gasteiger partial charge in [0.15, 0.2) is 0 Å². The average Bonchev–Trinajstić information content (AvgIpc) is 1.86. The molecule has 3 N–H and O–H groups in total. The molecule has 1 saturated carbocycles. The number of aliphatic carboxylic acids is 1. The van der Waals surface area contributed by atoms with Crippen molar-refractivity contribution in [1.29, 1.82) is 0 Å². The van der Waals surface area contributed by atoms with Crippen LogP contribution >= 0.6 is 0 Å². The maximum Gasteiger partial charge on any atom is 0.323 e. The summed E-state index contributed by atoms with van der Waals surface area (Å²) in [5.74, 6) is -0.381. The largest absolute Gasteiger partial charge is 0.480 e. The Balaban J connectivity index is 2.63. The molecule has 1 fully saturated rings. The average molecular weight is 157 g/mol. The third kappa shape index (κ3) is 1.71. The Morgan fingerprint density at radius 3 is 2.73 bits per heavy atom. The van der Waals surface area contributed by atoms with Gasteiger partial charge < -0.3 is 10.8 Å². The summed E-state index contributed by atoms with van der Waals surface area (Å²) in [4.78, 5) is 10.7. The van der Waals surface area contributed by atoms with Crippen molar-refractivity contribution in [2.24, 2.45) is 11.7 Å². The molecule has 3 nitrogen and oxygen atoms in total. The number of nitrogens with two attached hydrogens (primary N) is 1. The summed E-state index contributed by atoms with van der Waals surface area (Å²) in [6.45, 7) is 2.06. The quantitative estimate of drug-likeness (QED) is 0.596. The van der Waals surface area contributed by atoms with Crippen LogP contribution in [0.25, 0.3) is 0 Å². The minimum atomic E-state index is -0.933. The predicted molar refractivity (Wildman–Crippen MR) is 42.2 cm³/mol. The molecule has 1 rings (SSSR count). The topological polar surface area (TPSA) is 63.3 Å². The third-order valence-electron chi connectivity index (χ3n) is 2.46. The minimum absolute atomic E-state index is 0.463. The summed E-state index contributed by atoms with van der Waals surface area (Å²) in [6, 6.07) is 0. The van der Waals surface area contributed by atoms with Crippen molar-refractivity contribution in [3.63, 3.8) is 0 Å². The molecule has 64 valence electrons. The Kier molecular flexibility index (Phi) is 2.18. The molecule has 0 radical (unpaired) electrons. The minimum Gasteiger partial charge on any atom is -0.480 e. The van der Waals surface area contributed by atoms with E-state index in [1.165, 1.54) is 0 Å². The smallest absolute Gasteiger partial charge is 0.323 e. The first-order chi connectivity index (χ1) is 5.04. The number of carboxylic acids is 1. The van der Waals surface area contributed by atoms with Gasteiger partial charge in [-0.15, -0.1) is 0 Å². The standard InChI is InChI=1S/C8H15NO2/c1-6-3-2-4-8(9,5-6)7(10)11/h6H,2-5,9H2,1H3,(H,10,11)/t6-,8+/m0/s1. The Labute approximate surface area is 66.6 Å². The third-order valence-corrected chi connectivity index (χ3v) is 2.46. The highest BCUT2D eigenvalue weighted by Gasteiger charge is 2.37. The summed E-state index contributed by atoms with van der Waals surface area (Å²) in [5.41, 5.74) is 4.76. The van der Waals surface area contributed by atoms with E-state index >= 15 is 0 Å². The lowest BCUT2D eigenvalue weighted by Crippen LogP contribution is -2.50. The lowest BCUT2D eigenvalue weighted by atomic mass is 9.77. The van der Waals surface area contributed by atoms with Crippen LogP contribution in [0.15, 0.2) is 0 Å². The normalized spacial score (nSPS) is 38.5. The molecule has 0 aliphatic heterocycles. The van der Waals surface area contributed by atoms with Gasteiger partial charge in [0.25, 0.3) is 0 Å². The summed E-state index contributed by atoms with van der Waals surface area (Å²) >= 11 is 0. The molecule has 3 heteroatoms. The van der Waals surface area contributed by atoms with E-state index in [0.29, 0.717) is 18.8 Å². The Morgan fingerprint density at radius 1 is 1.73 bits per heavy atom. The molecule has 2 atom stereocenters. The van der Waals surface area contributed by atoms with Crippen molar-refractivity contribution < 1.29 is 9.90 Å². The Bertz CT molecular complexity index is 169. The van der Waals surface area contributed by atoms with Crippen LogP contribution in [-0.4, -0.2) is 16.6 Å². The molecule has 0 bridgehead atoms. The fourth-order valence-corrected chi connectivity index (χ4v) is 1.79. The van der Waals surface area contributed by atoms with Crippen LogP contribution in [-0.2, 0) is 4.79 Å². The van der Waals surface area contributed by atoms with Gasteiger partial charge in [0, 0.05) is 0 Å². The SMILES string of the molecule is C[C@H]1CCC[C@](N)(C(=O)O)C1. The van der Waals surface area contributed by atoms with Gasteiger partial charge in [0.2, 0.25) is 0 Å². The second kappa shape index (κ2) is 2.81. The zero-order valence-electron chi connectivity index (χ0n) is 6.84. The Hall–Kier alpha value is -0.570. The van der Waals surface area contributed by atoms with E-state index in [9.17, 15) is 4.79 Å². The van der Waals surface area contributed by atoms with Crippen LogP contribution in [0.4, 0.5) is 0 Å². The van der Waals surface area contributed by atoms with E-state index in [1.54, 1.807) is 0 Å². The van der Waals surface area contributed by atoms with Crippen molar-refractivity contribution in [1.82, 2.24) is 0 Å². The maximum atomic E-state index is 10.7. The van der Waals surface area contributed by atoms with Gasteiger partial charge in [0.1, 0.15) is 5.54 Å². The molecule has 0 heterocycles. The van der Waals surface area contributed by atoms with Crippen molar-refractivity contribution in [2.45, 2.75) is 38.1 Å². The summed E-state index contributed by atoms with van der Waals surface area (Å²) in [7, 11) is 0. The molecule has 0 spiro atoms. The van der Waals surface area contributed by atoms with Crippen molar-refractivity contribution >= 4 is 5.97 Å². The van der Waals surface area contributed by atoms with Gasteiger partial charge in [-0.2, -0.15) is 0 Å². The number of carbonyl (C=O) groups is 1. The summed E-state index contributed by atoms with van der Waals surface area (Å²) in [5, 5.41) is 8.79. The van der Waals surface area contributed by atoms with Gasteiger partial charge in [-0.3, -0.25) is 4.79 Å². The van der Waals surface area contributed by atoms with Crippen LogP contribution < -0.4 is 5.73 Å². The van der Waals surface area contributed by atoms with Crippen LogP contribution in [0, 0.1) is 5.92 Å². The number of hydrogen-bond donors (Lipinski definition) is 2. The number of carboxylic acid groups (broad SMARTS) is 1. The summed E-state index contributed by atoms with van der Waals surface area (Å²) in [6.07, 6.45) is 3.32. The molecule has 0 aromatic carbocycles. The molecule has 1 aliphatic rings. The maximum absolute atomic E-state index is 10.7. The fourth-order valence-electron chi connectivity index (χ4n) is 1.79. The lowest BCUT2D eigenvalue weighted by molar-refractivity contribution is -0.145. The van der Waals surface area contributed by atoms with Crippen LogP contribution in [0.3, 0.4) is 0 Å². The molecule has 0 aromatic heterocycles. The van der Waals surface area contributed by atoms with E-state index in [0.717, 1.165) is 12.8 Å². The first-order valence-corrected chi connectivity index (χ1v) is 4.07. The zero-order chi connectivity index (χ0) is 8.48. The van der Waals surface area contributed by atoms with Gasteiger partial charge in [-0.25, -0.2) is 0 Å². The second-order valence-electron chi connectivity index (χ2n) is 3.66. The van der Waals surface area contributed by atoms with Crippen LogP contribution in [0.1, 0.15) is 32.6 Å². The monoisotopic (exact) mass is 157 g/mol. The van der Waals surface area contributed by atoms with E-state index in [2.05, 4.69) is 6.92 Å². The van der Waals surface area contributed by atoms with Crippen molar-refractivity contribution in [2.75, 3.05) is 0 Å². The van der Waals surface area contributed by atoms with E-state index < -0.39 is 11.5 Å². The van der Waals surface area contributed by atoms with E-state index in [1.807, 2.05) is 0 Å². The van der Waals surface area contributed by atoms with E-state index in [-0.39, 0.29) is 0 Å². The Morgan fingerprint density at radius 2 is 2.36 bits per heavy atom. The van der Waals surface area contributed by atoms with Crippen molar-refractivity contribution in [3.8, 4) is 0 Å². The molecule has 0 amide bonds. The van der Waals surface area contributed by atoms with Gasteiger partial charge >= 0.3 is 5.97 Å². The van der Waals surface area contributed by atoms with Crippen molar-refractivity contribution in [3.05, 3.63) is 0 Å². The number of hydrogen-bond acceptors (Lipinski definition) is 2. The fraction of sp³-hybridized carbons (Fsp3) is 0.875. The first kappa shape index (κ1) is 8.53. The van der Waals surface area contributed by atoms with Gasteiger partial charge in [0.05, 0.1) is 0 Å². The zero-order valence-corrected chi connectivity index (χ0v) is 6.84. The highest BCUT2D eigenvalue weighted by Crippen LogP contribution is 2.30. The highest BCUT2D eigenvalue weighted by atomic mass is 16.4. The van der Waals surface area contributed by atoms with Gasteiger partial charge in [-0.1, -0.05) is 19.8 Å². The molecule has 11 heavy (non-hydrogen) atoms. The molecular weight excluding hydrogens is 142 g/mol. The van der Waals surface area contributed by atoms with Crippen LogP contribution in [0.5, 0.6) is 0 Å². The van der Waals surface area contributed by atoms with E-state index in [4.69, 9.17) is 10.8 Å². The first-order valence-electron chi connectivity index (χ1n) is 4.07. The second-order valence-corrected chi connectivity index (χ2v) is 3.66. The molecule has 0 aromatic rings. The summed E-state index contributed by atoms with van der Waals surface area (Å²) < 4.78 is 0. The molecule has 0 saturated heterocycles. The predicted octanol–water partition coefficient (Wildman–Crippen LogP) is 0.979. The van der Waals surface area contributed by atoms with Crippen LogP contribution in [0.2, 0.25) is 0 Å². The lowest BCUT2D eigenvalue weighted by Gasteiger charge is -2.32. The molecule has 1 aliphatic carbocycles. The van der Waals surface area contributed by atoms with Gasteiger partial charge in [-0.05, 0) is 18.8 Å². The highest BCUT2D eigenvalue weighted by molar-refractivity contribution is 5.78.